The highest BCUT2D eigenvalue weighted by molar-refractivity contribution is 5.79. The van der Waals surface area contributed by atoms with E-state index in [0.717, 1.165) is 50.5 Å². The number of hydrogen-bond donors (Lipinski definition) is 2. The van der Waals surface area contributed by atoms with E-state index in [0.29, 0.717) is 24.8 Å². The fraction of sp³-hybridized carbons (Fsp3) is 0.500. The summed E-state index contributed by atoms with van der Waals surface area (Å²) in [4.78, 5) is 13.7. The summed E-state index contributed by atoms with van der Waals surface area (Å²) < 4.78 is 19.3. The van der Waals surface area contributed by atoms with E-state index < -0.39 is 0 Å². The molecule has 1 fully saturated rings. The number of aromatic nitrogens is 1. The molecule has 1 aromatic carbocycles. The second-order valence-electron chi connectivity index (χ2n) is 7.86. The number of hydrogen-bond acceptors (Lipinski definition) is 5. The van der Waals surface area contributed by atoms with E-state index in [1.807, 2.05) is 13.1 Å². The molecule has 2 aromatic rings. The van der Waals surface area contributed by atoms with Crippen LogP contribution in [0.5, 0.6) is 5.75 Å². The summed E-state index contributed by atoms with van der Waals surface area (Å²) in [6.07, 6.45) is 2.62. The van der Waals surface area contributed by atoms with Crippen LogP contribution in [0.15, 0.2) is 47.6 Å². The highest BCUT2D eigenvalue weighted by Crippen LogP contribution is 2.15. The Morgan fingerprint density at radius 2 is 1.97 bits per heavy atom. The van der Waals surface area contributed by atoms with Gasteiger partial charge in [-0.25, -0.2) is 9.37 Å². The molecule has 0 radical (unpaired) electrons. The molecule has 0 spiro atoms. The van der Waals surface area contributed by atoms with Crippen molar-refractivity contribution in [1.29, 1.82) is 0 Å². The molecule has 1 saturated heterocycles. The van der Waals surface area contributed by atoms with Gasteiger partial charge in [-0.05, 0) is 36.7 Å². The molecule has 8 heteroatoms. The van der Waals surface area contributed by atoms with Crippen LogP contribution in [0.1, 0.15) is 25.8 Å². The minimum absolute atomic E-state index is 0.0931. The van der Waals surface area contributed by atoms with Crippen LogP contribution in [0.3, 0.4) is 0 Å². The number of aliphatic imine (C=N–C) groups is 1. The number of nitrogens with one attached hydrogen (secondary N) is 2. The number of nitrogens with zero attached hydrogens (tertiary/aromatic N) is 4. The summed E-state index contributed by atoms with van der Waals surface area (Å²) in [5.74, 6) is 1.95. The highest BCUT2D eigenvalue weighted by atomic mass is 19.1. The predicted molar refractivity (Wildman–Crippen MR) is 128 cm³/mol. The first kappa shape index (κ1) is 23.8. The first-order valence-corrected chi connectivity index (χ1v) is 11.4. The van der Waals surface area contributed by atoms with Gasteiger partial charge in [0.15, 0.2) is 5.96 Å². The maximum Gasteiger partial charge on any atom is 0.191 e. The molecule has 32 heavy (non-hydrogen) atoms. The Morgan fingerprint density at radius 1 is 1.16 bits per heavy atom. The molecule has 1 atom stereocenters. The fourth-order valence-electron chi connectivity index (χ4n) is 3.62. The van der Waals surface area contributed by atoms with Gasteiger partial charge in [-0.1, -0.05) is 26.0 Å². The normalized spacial score (nSPS) is 16.0. The molecule has 174 valence electrons. The second-order valence-corrected chi connectivity index (χ2v) is 7.86. The molecule has 0 bridgehead atoms. The Bertz CT molecular complexity index is 852. The van der Waals surface area contributed by atoms with E-state index >= 15 is 0 Å². The van der Waals surface area contributed by atoms with Crippen molar-refractivity contribution >= 4 is 11.8 Å². The summed E-state index contributed by atoms with van der Waals surface area (Å²) in [5, 5.41) is 6.60. The van der Waals surface area contributed by atoms with Crippen molar-refractivity contribution in [1.82, 2.24) is 20.5 Å². The van der Waals surface area contributed by atoms with Crippen LogP contribution in [-0.4, -0.2) is 68.3 Å². The Hall–Kier alpha value is -2.87. The van der Waals surface area contributed by atoms with Crippen LogP contribution in [0.25, 0.3) is 0 Å². The van der Waals surface area contributed by atoms with Crippen molar-refractivity contribution in [3.05, 3.63) is 54.0 Å². The minimum Gasteiger partial charge on any atom is -0.489 e. The molecule has 0 amide bonds. The van der Waals surface area contributed by atoms with Crippen molar-refractivity contribution < 1.29 is 9.13 Å². The number of guanidine groups is 1. The number of benzene rings is 1. The van der Waals surface area contributed by atoms with Gasteiger partial charge >= 0.3 is 0 Å². The number of likely N-dealkylation sites (N-methyl/N-ethyl adjacent to an activating group) is 1. The van der Waals surface area contributed by atoms with Crippen molar-refractivity contribution in [2.75, 3.05) is 51.2 Å². The van der Waals surface area contributed by atoms with E-state index in [2.05, 4.69) is 49.5 Å². The zero-order valence-electron chi connectivity index (χ0n) is 19.4. The van der Waals surface area contributed by atoms with Crippen LogP contribution in [-0.2, 0) is 6.54 Å². The molecule has 7 nitrogen and oxygen atoms in total. The van der Waals surface area contributed by atoms with E-state index in [-0.39, 0.29) is 11.9 Å². The topological polar surface area (TPSA) is 65.0 Å². The molecule has 0 aliphatic carbocycles. The zero-order valence-corrected chi connectivity index (χ0v) is 19.4. The third-order valence-corrected chi connectivity index (χ3v) is 5.69. The first-order chi connectivity index (χ1) is 15.6. The van der Waals surface area contributed by atoms with Gasteiger partial charge in [0.25, 0.3) is 0 Å². The summed E-state index contributed by atoms with van der Waals surface area (Å²) in [7, 11) is 1.74. The summed E-state index contributed by atoms with van der Waals surface area (Å²) in [6, 6.07) is 10.4. The lowest BCUT2D eigenvalue weighted by Crippen LogP contribution is -2.46. The van der Waals surface area contributed by atoms with Crippen LogP contribution in [0.2, 0.25) is 0 Å². The van der Waals surface area contributed by atoms with Crippen molar-refractivity contribution in [3.8, 4) is 5.75 Å². The molecular formula is C24H35FN6O. The lowest BCUT2D eigenvalue weighted by atomic mass is 10.2. The number of pyridine rings is 1. The highest BCUT2D eigenvalue weighted by Gasteiger charge is 2.16. The van der Waals surface area contributed by atoms with Crippen LogP contribution in [0.4, 0.5) is 10.2 Å². The molecule has 0 saturated carbocycles. The lowest BCUT2D eigenvalue weighted by molar-refractivity contribution is 0.199. The summed E-state index contributed by atoms with van der Waals surface area (Å²) in [6.45, 7) is 10.8. The van der Waals surface area contributed by atoms with E-state index in [4.69, 9.17) is 4.74 Å². The van der Waals surface area contributed by atoms with Crippen molar-refractivity contribution in [3.63, 3.8) is 0 Å². The zero-order chi connectivity index (χ0) is 22.8. The number of piperazine rings is 1. The predicted octanol–water partition coefficient (Wildman–Crippen LogP) is 2.89. The van der Waals surface area contributed by atoms with E-state index in [1.165, 1.54) is 12.1 Å². The third kappa shape index (κ3) is 7.09. The minimum atomic E-state index is -0.300. The Morgan fingerprint density at radius 3 is 2.59 bits per heavy atom. The van der Waals surface area contributed by atoms with Gasteiger partial charge in [-0.2, -0.15) is 0 Å². The fourth-order valence-corrected chi connectivity index (χ4v) is 3.62. The molecule has 2 heterocycles. The first-order valence-electron chi connectivity index (χ1n) is 11.4. The smallest absolute Gasteiger partial charge is 0.191 e. The van der Waals surface area contributed by atoms with Gasteiger partial charge in [-0.15, -0.1) is 0 Å². The molecular weight excluding hydrogens is 407 g/mol. The molecule has 3 rings (SSSR count). The van der Waals surface area contributed by atoms with Gasteiger partial charge in [0.2, 0.25) is 0 Å². The molecule has 1 unspecified atom stereocenters. The number of halogens is 1. The Kier molecular flexibility index (Phi) is 9.10. The molecule has 2 N–H and O–H groups in total. The Balaban J connectivity index is 1.44. The number of rotatable bonds is 9. The number of ether oxygens (including phenoxy) is 1. The molecule has 1 aromatic heterocycles. The van der Waals surface area contributed by atoms with E-state index in [9.17, 15) is 4.39 Å². The monoisotopic (exact) mass is 442 g/mol. The average molecular weight is 443 g/mol. The quantitative estimate of drug-likeness (QED) is 0.460. The van der Waals surface area contributed by atoms with Crippen LogP contribution >= 0.6 is 0 Å². The second kappa shape index (κ2) is 12.2. The van der Waals surface area contributed by atoms with Crippen LogP contribution in [0, 0.1) is 5.82 Å². The molecule has 1 aliphatic rings. The van der Waals surface area contributed by atoms with Gasteiger partial charge in [-0.3, -0.25) is 4.99 Å². The number of anilines is 1. The maximum atomic E-state index is 13.4. The average Bonchev–Trinajstić information content (AvgIpc) is 2.83. The Labute approximate surface area is 190 Å². The van der Waals surface area contributed by atoms with Gasteiger partial charge in [0.1, 0.15) is 23.5 Å². The molecule has 1 aliphatic heterocycles. The SMILES string of the molecule is CCC(CNC(=NC)NCc1ccc(N2CCN(CC)CC2)nc1)Oc1cccc(F)c1. The lowest BCUT2D eigenvalue weighted by Gasteiger charge is -2.34. The van der Waals surface area contributed by atoms with Crippen LogP contribution < -0.4 is 20.3 Å². The van der Waals surface area contributed by atoms with Crippen molar-refractivity contribution in [2.45, 2.75) is 32.9 Å². The largest absolute Gasteiger partial charge is 0.489 e. The van der Waals surface area contributed by atoms with Gasteiger partial charge < -0.3 is 25.2 Å². The van der Waals surface area contributed by atoms with E-state index in [1.54, 1.807) is 19.2 Å². The summed E-state index contributed by atoms with van der Waals surface area (Å²) in [5.41, 5.74) is 1.09. The van der Waals surface area contributed by atoms with Crippen molar-refractivity contribution in [2.24, 2.45) is 4.99 Å². The third-order valence-electron chi connectivity index (χ3n) is 5.69. The summed E-state index contributed by atoms with van der Waals surface area (Å²) >= 11 is 0. The van der Waals surface area contributed by atoms with Gasteiger partial charge in [0.05, 0.1) is 6.54 Å². The standard InChI is InChI=1S/C24H35FN6O/c1-4-21(32-22-8-6-7-20(25)15-22)18-29-24(26-3)28-17-19-9-10-23(27-16-19)31-13-11-30(5-2)12-14-31/h6-10,15-16,21H,4-5,11-14,17-18H2,1-3H3,(H2,26,28,29). The van der Waals surface area contributed by atoms with Gasteiger partial charge in [0, 0.05) is 52.0 Å². The maximum absolute atomic E-state index is 13.4.